The highest BCUT2D eigenvalue weighted by Gasteiger charge is 2.11. The van der Waals surface area contributed by atoms with Crippen LogP contribution in [0.4, 0.5) is 0 Å². The monoisotopic (exact) mass is 485 g/mol. The molecular formula is C19H23Cl4NO3S. The van der Waals surface area contributed by atoms with E-state index in [2.05, 4.69) is 5.16 Å². The molecule has 0 saturated carbocycles. The summed E-state index contributed by atoms with van der Waals surface area (Å²) in [6.07, 6.45) is 6.39. The van der Waals surface area contributed by atoms with Gasteiger partial charge in [0, 0.05) is 12.1 Å². The van der Waals surface area contributed by atoms with E-state index in [4.69, 9.17) is 60.7 Å². The molecule has 1 aliphatic heterocycles. The van der Waals surface area contributed by atoms with Gasteiger partial charge in [-0.2, -0.15) is 11.8 Å². The lowest BCUT2D eigenvalue weighted by Crippen LogP contribution is -2.09. The first-order valence-corrected chi connectivity index (χ1v) is 11.7. The molecule has 0 aliphatic carbocycles. The molecule has 0 amide bonds. The van der Waals surface area contributed by atoms with E-state index in [0.29, 0.717) is 34.8 Å². The molecule has 1 aliphatic rings. The van der Waals surface area contributed by atoms with Crippen molar-refractivity contribution in [3.63, 3.8) is 0 Å². The number of ether oxygens (including phenoxy) is 2. The third-order valence-electron chi connectivity index (χ3n) is 3.85. The number of halogens is 4. The number of oxime groups is 1. The molecule has 2 rings (SSSR count). The molecule has 0 radical (unpaired) electrons. The molecule has 0 unspecified atom stereocenters. The Hall–Kier alpha value is -0.460. The van der Waals surface area contributed by atoms with Crippen LogP contribution in [0.25, 0.3) is 0 Å². The largest absolute Gasteiger partial charge is 0.490 e. The lowest BCUT2D eigenvalue weighted by molar-refractivity contribution is 0.137. The summed E-state index contributed by atoms with van der Waals surface area (Å²) >= 11 is 25.5. The van der Waals surface area contributed by atoms with Gasteiger partial charge in [0.25, 0.3) is 0 Å². The van der Waals surface area contributed by atoms with Crippen molar-refractivity contribution in [1.82, 2.24) is 0 Å². The Bertz CT molecular complexity index is 650. The zero-order chi connectivity index (χ0) is 20.2. The summed E-state index contributed by atoms with van der Waals surface area (Å²) in [4.78, 5) is 5.40. The van der Waals surface area contributed by atoms with Crippen LogP contribution in [0.5, 0.6) is 11.5 Å². The number of hydrogen-bond donors (Lipinski definition) is 0. The van der Waals surface area contributed by atoms with Gasteiger partial charge >= 0.3 is 0 Å². The molecule has 28 heavy (non-hydrogen) atoms. The molecule has 1 heterocycles. The van der Waals surface area contributed by atoms with Gasteiger partial charge in [-0.3, -0.25) is 0 Å². The van der Waals surface area contributed by atoms with Crippen LogP contribution in [0, 0.1) is 0 Å². The van der Waals surface area contributed by atoms with Gasteiger partial charge in [0.05, 0.1) is 22.4 Å². The molecule has 1 saturated heterocycles. The highest BCUT2D eigenvalue weighted by atomic mass is 35.5. The lowest BCUT2D eigenvalue weighted by atomic mass is 10.2. The molecule has 0 N–H and O–H groups in total. The Morgan fingerprint density at radius 1 is 1.00 bits per heavy atom. The van der Waals surface area contributed by atoms with E-state index in [1.165, 1.54) is 11.8 Å². The summed E-state index contributed by atoms with van der Waals surface area (Å²) in [6, 6.07) is 3.30. The van der Waals surface area contributed by atoms with Gasteiger partial charge in [-0.05, 0) is 49.7 Å². The molecule has 0 atom stereocenters. The first-order chi connectivity index (χ1) is 13.6. The summed E-state index contributed by atoms with van der Waals surface area (Å²) < 4.78 is 11.3. The van der Waals surface area contributed by atoms with Crippen LogP contribution in [-0.2, 0) is 4.84 Å². The number of benzene rings is 1. The number of thioether (sulfide) groups is 1. The first-order valence-electron chi connectivity index (χ1n) is 9.07. The molecule has 9 heteroatoms. The summed E-state index contributed by atoms with van der Waals surface area (Å²) in [5.41, 5.74) is 1.18. The van der Waals surface area contributed by atoms with Gasteiger partial charge in [0.2, 0.25) is 0 Å². The van der Waals surface area contributed by atoms with Gasteiger partial charge in [-0.25, -0.2) is 0 Å². The summed E-state index contributed by atoms with van der Waals surface area (Å²) in [5, 5.41) is 5.01. The van der Waals surface area contributed by atoms with Crippen molar-refractivity contribution in [2.75, 3.05) is 31.3 Å². The van der Waals surface area contributed by atoms with E-state index in [1.54, 1.807) is 12.1 Å². The van der Waals surface area contributed by atoms with E-state index in [1.807, 2.05) is 11.8 Å². The van der Waals surface area contributed by atoms with E-state index in [-0.39, 0.29) is 11.1 Å². The van der Waals surface area contributed by atoms with Crippen molar-refractivity contribution in [2.45, 2.75) is 32.1 Å². The number of hydrogen-bond acceptors (Lipinski definition) is 5. The second-order valence-corrected chi connectivity index (χ2v) is 9.08. The van der Waals surface area contributed by atoms with Crippen molar-refractivity contribution >= 4 is 63.9 Å². The number of rotatable bonds is 11. The van der Waals surface area contributed by atoms with E-state index in [0.717, 1.165) is 43.6 Å². The Morgan fingerprint density at radius 3 is 2.36 bits per heavy atom. The van der Waals surface area contributed by atoms with Crippen LogP contribution in [0.3, 0.4) is 0 Å². The van der Waals surface area contributed by atoms with Crippen LogP contribution in [-0.4, -0.2) is 37.0 Å². The Morgan fingerprint density at radius 2 is 1.68 bits per heavy atom. The molecule has 0 bridgehead atoms. The second-order valence-electron chi connectivity index (χ2n) is 6.03. The molecule has 1 fully saturated rings. The Balaban J connectivity index is 1.63. The first kappa shape index (κ1) is 23.8. The van der Waals surface area contributed by atoms with E-state index in [9.17, 15) is 0 Å². The molecule has 0 aromatic heterocycles. The Kier molecular flexibility index (Phi) is 11.7. The number of unbranched alkanes of at least 4 members (excludes halogenated alkanes) is 2. The zero-order valence-electron chi connectivity index (χ0n) is 15.4. The normalized spacial score (nSPS) is 13.8. The van der Waals surface area contributed by atoms with E-state index >= 15 is 0 Å². The molecule has 1 aromatic carbocycles. The van der Waals surface area contributed by atoms with Crippen LogP contribution in [0.2, 0.25) is 10.0 Å². The third kappa shape index (κ3) is 9.36. The summed E-state index contributed by atoms with van der Waals surface area (Å²) in [7, 11) is 0. The van der Waals surface area contributed by atoms with Crippen LogP contribution in [0.1, 0.15) is 32.1 Å². The van der Waals surface area contributed by atoms with Crippen LogP contribution >= 0.6 is 58.2 Å². The molecular weight excluding hydrogens is 464 g/mol. The molecule has 4 nitrogen and oxygen atoms in total. The predicted octanol–water partition coefficient (Wildman–Crippen LogP) is 7.14. The smallest absolute Gasteiger partial charge is 0.156 e. The summed E-state index contributed by atoms with van der Waals surface area (Å²) in [5.74, 6) is 3.27. The van der Waals surface area contributed by atoms with Gasteiger partial charge in [-0.1, -0.05) is 51.6 Å². The quantitative estimate of drug-likeness (QED) is 0.246. The lowest BCUT2D eigenvalue weighted by Gasteiger charge is -2.12. The molecule has 156 valence electrons. The number of nitrogens with zero attached hydrogens (tertiary/aromatic N) is 1. The average molecular weight is 487 g/mol. The minimum atomic E-state index is 0.142. The minimum absolute atomic E-state index is 0.142. The maximum absolute atomic E-state index is 6.24. The fraction of sp³-hybridized carbons (Fsp3) is 0.526. The van der Waals surface area contributed by atoms with Crippen molar-refractivity contribution in [3.8, 4) is 11.5 Å². The Labute approximate surface area is 190 Å². The maximum atomic E-state index is 6.24. The highest BCUT2D eigenvalue weighted by molar-refractivity contribution is 7.99. The van der Waals surface area contributed by atoms with Crippen molar-refractivity contribution in [2.24, 2.45) is 5.16 Å². The average Bonchev–Trinajstić information content (AvgIpc) is 2.66. The van der Waals surface area contributed by atoms with Crippen LogP contribution in [0.15, 0.2) is 27.9 Å². The zero-order valence-corrected chi connectivity index (χ0v) is 19.2. The fourth-order valence-corrected chi connectivity index (χ4v) is 4.08. The van der Waals surface area contributed by atoms with Crippen LogP contribution < -0.4 is 9.47 Å². The van der Waals surface area contributed by atoms with Gasteiger partial charge in [0.15, 0.2) is 5.75 Å². The minimum Gasteiger partial charge on any atom is -0.490 e. The van der Waals surface area contributed by atoms with E-state index < -0.39 is 0 Å². The third-order valence-corrected chi connectivity index (χ3v) is 5.71. The molecule has 1 aromatic rings. The van der Waals surface area contributed by atoms with Gasteiger partial charge < -0.3 is 14.3 Å². The topological polar surface area (TPSA) is 40.0 Å². The predicted molar refractivity (Wildman–Crippen MR) is 121 cm³/mol. The maximum Gasteiger partial charge on any atom is 0.156 e. The van der Waals surface area contributed by atoms with Gasteiger partial charge in [-0.15, -0.1) is 0 Å². The van der Waals surface area contributed by atoms with Gasteiger partial charge in [0.1, 0.15) is 23.5 Å². The van der Waals surface area contributed by atoms with Crippen molar-refractivity contribution in [1.29, 1.82) is 0 Å². The second kappa shape index (κ2) is 13.7. The molecule has 0 spiro atoms. The summed E-state index contributed by atoms with van der Waals surface area (Å²) in [6.45, 7) is 1.38. The van der Waals surface area contributed by atoms with Crippen molar-refractivity contribution in [3.05, 3.63) is 32.7 Å². The highest BCUT2D eigenvalue weighted by Crippen LogP contribution is 2.37. The standard InChI is InChI=1S/C19H23Cl4NO3S/c20-16-12-15(25-9-4-18(22)23)13-17(21)19(16)26-7-2-1-3-8-27-24-14-5-10-28-11-6-14/h4,12-13H,1-3,5-11H2. The van der Waals surface area contributed by atoms with Crippen molar-refractivity contribution < 1.29 is 14.3 Å². The fourth-order valence-electron chi connectivity index (χ4n) is 2.41. The SMILES string of the molecule is ClC(Cl)=CCOc1cc(Cl)c(OCCCCCON=C2CCSCC2)c(Cl)c1.